The summed E-state index contributed by atoms with van der Waals surface area (Å²) in [6.07, 6.45) is 1.08. The average Bonchev–Trinajstić information content (AvgIpc) is 2.90. The second-order valence-corrected chi connectivity index (χ2v) is 5.97. The van der Waals surface area contributed by atoms with E-state index in [2.05, 4.69) is 55.7 Å². The first-order chi connectivity index (χ1) is 9.15. The molecule has 2 aromatic rings. The van der Waals surface area contributed by atoms with Crippen LogP contribution in [0, 0.1) is 0 Å². The number of thiazole rings is 1. The Bertz CT molecular complexity index is 514. The van der Waals surface area contributed by atoms with Crippen LogP contribution < -0.4 is 5.32 Å². The molecule has 1 atom stereocenters. The number of nitrogens with one attached hydrogen (secondary N) is 1. The average molecular weight is 274 g/mol. The van der Waals surface area contributed by atoms with Gasteiger partial charge in [-0.3, -0.25) is 0 Å². The molecular formula is C16H22N2S. The van der Waals surface area contributed by atoms with Crippen LogP contribution >= 0.6 is 11.3 Å². The Labute approximate surface area is 119 Å². The minimum Gasteiger partial charge on any atom is -0.307 e. The summed E-state index contributed by atoms with van der Waals surface area (Å²) in [5, 5.41) is 6.69. The topological polar surface area (TPSA) is 24.9 Å². The third kappa shape index (κ3) is 3.23. The van der Waals surface area contributed by atoms with Crippen LogP contribution in [0.1, 0.15) is 54.6 Å². The molecule has 1 aromatic heterocycles. The maximum Gasteiger partial charge on any atom is 0.114 e. The van der Waals surface area contributed by atoms with Gasteiger partial charge in [-0.2, -0.15) is 0 Å². The molecule has 0 radical (unpaired) electrons. The molecule has 0 amide bonds. The molecule has 3 heteroatoms. The zero-order chi connectivity index (χ0) is 13.8. The lowest BCUT2D eigenvalue weighted by molar-refractivity contribution is 0.678. The fourth-order valence-corrected chi connectivity index (χ4v) is 3.19. The Morgan fingerprint density at radius 1 is 1.21 bits per heavy atom. The molecule has 0 aliphatic rings. The summed E-state index contributed by atoms with van der Waals surface area (Å²) in [5.41, 5.74) is 3.84. The van der Waals surface area contributed by atoms with Gasteiger partial charge >= 0.3 is 0 Å². The highest BCUT2D eigenvalue weighted by Gasteiger charge is 2.16. The van der Waals surface area contributed by atoms with Crippen LogP contribution in [0.2, 0.25) is 0 Å². The Kier molecular flexibility index (Phi) is 4.72. The summed E-state index contributed by atoms with van der Waals surface area (Å²) in [5.74, 6) is 0.491. The van der Waals surface area contributed by atoms with Crippen LogP contribution in [0.5, 0.6) is 0 Å². The molecule has 0 fully saturated rings. The van der Waals surface area contributed by atoms with Gasteiger partial charge in [0.1, 0.15) is 5.01 Å². The van der Waals surface area contributed by atoms with Gasteiger partial charge in [-0.05, 0) is 30.5 Å². The number of benzene rings is 1. The Hall–Kier alpha value is -1.19. The van der Waals surface area contributed by atoms with Gasteiger partial charge in [0.05, 0.1) is 11.7 Å². The molecule has 2 rings (SSSR count). The van der Waals surface area contributed by atoms with Crippen LogP contribution in [0.3, 0.4) is 0 Å². The number of aromatic nitrogens is 1. The van der Waals surface area contributed by atoms with Crippen molar-refractivity contribution in [2.24, 2.45) is 0 Å². The quantitative estimate of drug-likeness (QED) is 0.886. The van der Waals surface area contributed by atoms with Crippen molar-refractivity contribution in [3.8, 4) is 0 Å². The van der Waals surface area contributed by atoms with E-state index in [9.17, 15) is 0 Å². The normalized spacial score (nSPS) is 12.9. The molecule has 102 valence electrons. The third-order valence-electron chi connectivity index (χ3n) is 3.39. The Balaban J connectivity index is 2.26. The molecule has 1 N–H and O–H groups in total. The maximum absolute atomic E-state index is 4.76. The molecular weight excluding hydrogens is 252 g/mol. The van der Waals surface area contributed by atoms with E-state index in [-0.39, 0.29) is 6.04 Å². The van der Waals surface area contributed by atoms with Gasteiger partial charge in [0.2, 0.25) is 0 Å². The van der Waals surface area contributed by atoms with Gasteiger partial charge in [0.25, 0.3) is 0 Å². The van der Waals surface area contributed by atoms with Gasteiger partial charge in [-0.1, -0.05) is 45.0 Å². The minimum atomic E-state index is 0.198. The summed E-state index contributed by atoms with van der Waals surface area (Å²) in [6.45, 7) is 6.55. The molecule has 0 aliphatic heterocycles. The maximum atomic E-state index is 4.76. The number of hydrogen-bond acceptors (Lipinski definition) is 3. The van der Waals surface area contributed by atoms with Crippen molar-refractivity contribution in [1.82, 2.24) is 10.3 Å². The first-order valence-corrected chi connectivity index (χ1v) is 7.75. The molecule has 0 saturated heterocycles. The van der Waals surface area contributed by atoms with E-state index in [1.54, 1.807) is 11.3 Å². The highest BCUT2D eigenvalue weighted by molar-refractivity contribution is 7.09. The van der Waals surface area contributed by atoms with Crippen molar-refractivity contribution in [3.63, 3.8) is 0 Å². The van der Waals surface area contributed by atoms with Gasteiger partial charge < -0.3 is 5.32 Å². The number of rotatable bonds is 5. The van der Waals surface area contributed by atoms with E-state index >= 15 is 0 Å². The minimum absolute atomic E-state index is 0.198. The fraction of sp³-hybridized carbons (Fsp3) is 0.438. The van der Waals surface area contributed by atoms with Gasteiger partial charge in [-0.15, -0.1) is 11.3 Å². The van der Waals surface area contributed by atoms with Gasteiger partial charge in [0.15, 0.2) is 0 Å². The summed E-state index contributed by atoms with van der Waals surface area (Å²) in [4.78, 5) is 4.76. The lowest BCUT2D eigenvalue weighted by Gasteiger charge is -2.14. The second-order valence-electron chi connectivity index (χ2n) is 5.08. The summed E-state index contributed by atoms with van der Waals surface area (Å²) < 4.78 is 0. The molecule has 0 aliphatic carbocycles. The predicted octanol–water partition coefficient (Wildman–Crippen LogP) is 4.14. The van der Waals surface area contributed by atoms with Crippen molar-refractivity contribution in [3.05, 3.63) is 51.5 Å². The van der Waals surface area contributed by atoms with Crippen LogP contribution in [0.4, 0.5) is 0 Å². The molecule has 0 saturated carbocycles. The molecule has 1 heterocycles. The standard InChI is InChI=1S/C16H22N2S/c1-5-12-6-8-13(9-7-12)15(17-4)16-18-14(10-19-16)11(2)3/h6-11,15,17H,5H2,1-4H3. The van der Waals surface area contributed by atoms with E-state index in [4.69, 9.17) is 4.98 Å². The third-order valence-corrected chi connectivity index (χ3v) is 4.32. The summed E-state index contributed by atoms with van der Waals surface area (Å²) in [7, 11) is 1.99. The first kappa shape index (κ1) is 14.2. The van der Waals surface area contributed by atoms with Crippen LogP contribution in [0.25, 0.3) is 0 Å². The monoisotopic (exact) mass is 274 g/mol. The van der Waals surface area contributed by atoms with Crippen molar-refractivity contribution in [2.75, 3.05) is 7.05 Å². The summed E-state index contributed by atoms with van der Waals surface area (Å²) >= 11 is 1.74. The van der Waals surface area contributed by atoms with Crippen molar-refractivity contribution in [1.29, 1.82) is 0 Å². The van der Waals surface area contributed by atoms with Crippen molar-refractivity contribution < 1.29 is 0 Å². The second kappa shape index (κ2) is 6.31. The summed E-state index contributed by atoms with van der Waals surface area (Å²) in [6, 6.07) is 9.02. The van der Waals surface area contributed by atoms with Crippen LogP contribution in [0.15, 0.2) is 29.6 Å². The Morgan fingerprint density at radius 2 is 1.89 bits per heavy atom. The molecule has 0 bridgehead atoms. The van der Waals surface area contributed by atoms with Crippen LogP contribution in [-0.4, -0.2) is 12.0 Å². The smallest absolute Gasteiger partial charge is 0.114 e. The fourth-order valence-electron chi connectivity index (χ4n) is 2.08. The SMILES string of the molecule is CCc1ccc(C(NC)c2nc(C(C)C)cs2)cc1. The molecule has 19 heavy (non-hydrogen) atoms. The van der Waals surface area contributed by atoms with Gasteiger partial charge in [0, 0.05) is 5.38 Å². The van der Waals surface area contributed by atoms with Crippen molar-refractivity contribution in [2.45, 2.75) is 39.2 Å². The lowest BCUT2D eigenvalue weighted by Crippen LogP contribution is -2.17. The zero-order valence-electron chi connectivity index (χ0n) is 12.1. The number of nitrogens with zero attached hydrogens (tertiary/aromatic N) is 1. The first-order valence-electron chi connectivity index (χ1n) is 6.87. The lowest BCUT2D eigenvalue weighted by atomic mass is 10.0. The number of aryl methyl sites for hydroxylation is 1. The van der Waals surface area contributed by atoms with Gasteiger partial charge in [-0.25, -0.2) is 4.98 Å². The van der Waals surface area contributed by atoms with E-state index in [1.807, 2.05) is 7.05 Å². The predicted molar refractivity (Wildman–Crippen MR) is 82.9 cm³/mol. The van der Waals surface area contributed by atoms with E-state index < -0.39 is 0 Å². The largest absolute Gasteiger partial charge is 0.307 e. The van der Waals surface area contributed by atoms with Crippen molar-refractivity contribution >= 4 is 11.3 Å². The molecule has 2 nitrogen and oxygen atoms in total. The van der Waals surface area contributed by atoms with Crippen LogP contribution in [-0.2, 0) is 6.42 Å². The van der Waals surface area contributed by atoms with E-state index in [0.717, 1.165) is 11.4 Å². The Morgan fingerprint density at radius 3 is 2.37 bits per heavy atom. The molecule has 0 spiro atoms. The van der Waals surface area contributed by atoms with E-state index in [0.29, 0.717) is 5.92 Å². The highest BCUT2D eigenvalue weighted by Crippen LogP contribution is 2.27. The molecule has 1 aromatic carbocycles. The highest BCUT2D eigenvalue weighted by atomic mass is 32.1. The number of hydrogen-bond donors (Lipinski definition) is 1. The van der Waals surface area contributed by atoms with E-state index in [1.165, 1.54) is 16.8 Å². The molecule has 1 unspecified atom stereocenters. The zero-order valence-corrected chi connectivity index (χ0v) is 12.9.